The molecule has 0 bridgehead atoms. The lowest BCUT2D eigenvalue weighted by Crippen LogP contribution is -2.50. The summed E-state index contributed by atoms with van der Waals surface area (Å²) < 4.78 is 47.3. The minimum absolute atomic E-state index is 0.00184. The molecule has 0 saturated carbocycles. The third kappa shape index (κ3) is 4.27. The van der Waals surface area contributed by atoms with Gasteiger partial charge in [-0.05, 0) is 42.8 Å². The Hall–Kier alpha value is -3.49. The standard InChI is InChI=1S/C22H21FN4O5S/c1-2-19-21(28)25-18-12-15(4-6-20(18)32-19)33(30,31)27-9-7-26(8-10-27)22(29)16-5-3-14(13-24)11-17(16)23/h3-6,11-12,19H,2,7-10H2,1H3,(H,25,28). The number of ether oxygens (including phenoxy) is 1. The highest BCUT2D eigenvalue weighted by Crippen LogP contribution is 2.33. The van der Waals surface area contributed by atoms with E-state index in [2.05, 4.69) is 5.32 Å². The molecule has 2 aromatic rings. The topological polar surface area (TPSA) is 120 Å². The van der Waals surface area contributed by atoms with Gasteiger partial charge in [-0.1, -0.05) is 6.92 Å². The summed E-state index contributed by atoms with van der Waals surface area (Å²) in [5.41, 5.74) is 0.230. The third-order valence-electron chi connectivity index (χ3n) is 5.63. The van der Waals surface area contributed by atoms with E-state index in [1.807, 2.05) is 13.0 Å². The van der Waals surface area contributed by atoms with Gasteiger partial charge in [0.2, 0.25) is 10.0 Å². The van der Waals surface area contributed by atoms with E-state index in [1.54, 1.807) is 0 Å². The molecule has 2 amide bonds. The average molecular weight is 472 g/mol. The number of nitrogens with one attached hydrogen (secondary N) is 1. The second-order valence-electron chi connectivity index (χ2n) is 7.66. The molecule has 2 heterocycles. The maximum absolute atomic E-state index is 14.2. The van der Waals surface area contributed by atoms with Gasteiger partial charge in [-0.25, -0.2) is 12.8 Å². The number of rotatable bonds is 4. The van der Waals surface area contributed by atoms with Crippen LogP contribution >= 0.6 is 0 Å². The van der Waals surface area contributed by atoms with E-state index < -0.39 is 27.9 Å². The number of fused-ring (bicyclic) bond motifs is 1. The molecule has 172 valence electrons. The summed E-state index contributed by atoms with van der Waals surface area (Å²) in [6.07, 6.45) is -0.132. The van der Waals surface area contributed by atoms with Crippen molar-refractivity contribution in [3.8, 4) is 11.8 Å². The van der Waals surface area contributed by atoms with Gasteiger partial charge in [0.25, 0.3) is 11.8 Å². The number of carbonyl (C=O) groups excluding carboxylic acids is 2. The Kier molecular flexibility index (Phi) is 6.05. The second kappa shape index (κ2) is 8.80. The Morgan fingerprint density at radius 3 is 2.58 bits per heavy atom. The smallest absolute Gasteiger partial charge is 0.265 e. The highest BCUT2D eigenvalue weighted by atomic mass is 32.2. The Balaban J connectivity index is 1.46. The number of sulfonamides is 1. The molecule has 11 heteroatoms. The number of nitriles is 1. The molecule has 1 saturated heterocycles. The summed E-state index contributed by atoms with van der Waals surface area (Å²) >= 11 is 0. The van der Waals surface area contributed by atoms with E-state index in [-0.39, 0.29) is 53.8 Å². The highest BCUT2D eigenvalue weighted by molar-refractivity contribution is 7.89. The Labute approximate surface area is 190 Å². The summed E-state index contributed by atoms with van der Waals surface area (Å²) in [6, 6.07) is 9.71. The quantitative estimate of drug-likeness (QED) is 0.726. The number of carbonyl (C=O) groups is 2. The largest absolute Gasteiger partial charge is 0.478 e. The minimum Gasteiger partial charge on any atom is -0.478 e. The predicted molar refractivity (Wildman–Crippen MR) is 116 cm³/mol. The first-order chi connectivity index (χ1) is 15.7. The molecular weight excluding hydrogens is 451 g/mol. The second-order valence-corrected chi connectivity index (χ2v) is 9.60. The summed E-state index contributed by atoms with van der Waals surface area (Å²) in [7, 11) is -3.88. The fourth-order valence-electron chi connectivity index (χ4n) is 3.77. The van der Waals surface area contributed by atoms with Crippen LogP contribution in [0, 0.1) is 17.1 Å². The first kappa shape index (κ1) is 22.7. The van der Waals surface area contributed by atoms with E-state index in [4.69, 9.17) is 10.00 Å². The normalized spacial score (nSPS) is 18.6. The average Bonchev–Trinajstić information content (AvgIpc) is 2.82. The van der Waals surface area contributed by atoms with Crippen molar-refractivity contribution in [2.24, 2.45) is 0 Å². The van der Waals surface area contributed by atoms with Crippen LogP contribution in [0.3, 0.4) is 0 Å². The van der Waals surface area contributed by atoms with Crippen LogP contribution in [-0.4, -0.2) is 61.7 Å². The Morgan fingerprint density at radius 2 is 1.94 bits per heavy atom. The molecule has 0 aromatic heterocycles. The number of piperazine rings is 1. The molecule has 1 fully saturated rings. The monoisotopic (exact) mass is 472 g/mol. The zero-order valence-corrected chi connectivity index (χ0v) is 18.6. The maximum atomic E-state index is 14.2. The van der Waals surface area contributed by atoms with E-state index >= 15 is 0 Å². The number of nitrogens with zero attached hydrogens (tertiary/aromatic N) is 3. The predicted octanol–water partition coefficient (Wildman–Crippen LogP) is 1.95. The summed E-state index contributed by atoms with van der Waals surface area (Å²) in [6.45, 7) is 2.04. The first-order valence-corrected chi connectivity index (χ1v) is 11.8. The van der Waals surface area contributed by atoms with E-state index in [1.165, 1.54) is 39.5 Å². The molecular formula is C22H21FN4O5S. The molecule has 1 atom stereocenters. The SMILES string of the molecule is CCC1Oc2ccc(S(=O)(=O)N3CCN(C(=O)c4ccc(C#N)cc4F)CC3)cc2NC1=O. The van der Waals surface area contributed by atoms with Crippen LogP contribution in [0.2, 0.25) is 0 Å². The van der Waals surface area contributed by atoms with Crippen LogP contribution in [-0.2, 0) is 14.8 Å². The molecule has 0 aliphatic carbocycles. The number of hydrogen-bond donors (Lipinski definition) is 1. The maximum Gasteiger partial charge on any atom is 0.265 e. The van der Waals surface area contributed by atoms with Crippen molar-refractivity contribution in [2.75, 3.05) is 31.5 Å². The molecule has 1 N–H and O–H groups in total. The van der Waals surface area contributed by atoms with Gasteiger partial charge in [0, 0.05) is 26.2 Å². The third-order valence-corrected chi connectivity index (χ3v) is 7.53. The lowest BCUT2D eigenvalue weighted by atomic mass is 10.1. The van der Waals surface area contributed by atoms with Crippen molar-refractivity contribution in [3.05, 3.63) is 53.3 Å². The van der Waals surface area contributed by atoms with Crippen LogP contribution < -0.4 is 10.1 Å². The van der Waals surface area contributed by atoms with Gasteiger partial charge in [0.1, 0.15) is 11.6 Å². The lowest BCUT2D eigenvalue weighted by molar-refractivity contribution is -0.123. The zero-order valence-electron chi connectivity index (χ0n) is 17.7. The fraction of sp³-hybridized carbons (Fsp3) is 0.318. The highest BCUT2D eigenvalue weighted by Gasteiger charge is 2.33. The summed E-state index contributed by atoms with van der Waals surface area (Å²) in [4.78, 5) is 26.1. The summed E-state index contributed by atoms with van der Waals surface area (Å²) in [5.74, 6) is -1.28. The number of anilines is 1. The molecule has 2 aromatic carbocycles. The zero-order chi connectivity index (χ0) is 23.8. The van der Waals surface area contributed by atoms with Gasteiger partial charge in [-0.15, -0.1) is 0 Å². The van der Waals surface area contributed by atoms with Gasteiger partial charge in [-0.2, -0.15) is 9.57 Å². The van der Waals surface area contributed by atoms with Crippen molar-refractivity contribution in [1.82, 2.24) is 9.21 Å². The fourth-order valence-corrected chi connectivity index (χ4v) is 5.22. The van der Waals surface area contributed by atoms with Crippen LogP contribution in [0.4, 0.5) is 10.1 Å². The Morgan fingerprint density at radius 1 is 1.21 bits per heavy atom. The van der Waals surface area contributed by atoms with Crippen molar-refractivity contribution in [3.63, 3.8) is 0 Å². The van der Waals surface area contributed by atoms with E-state index in [0.717, 1.165) is 6.07 Å². The van der Waals surface area contributed by atoms with Crippen molar-refractivity contribution in [1.29, 1.82) is 5.26 Å². The van der Waals surface area contributed by atoms with Crippen molar-refractivity contribution < 1.29 is 27.1 Å². The number of benzene rings is 2. The van der Waals surface area contributed by atoms with Crippen molar-refractivity contribution >= 4 is 27.5 Å². The van der Waals surface area contributed by atoms with Crippen LogP contribution in [0.25, 0.3) is 0 Å². The molecule has 0 radical (unpaired) electrons. The Bertz CT molecular complexity index is 1270. The van der Waals surface area contributed by atoms with Gasteiger partial charge in [0.05, 0.1) is 27.8 Å². The minimum atomic E-state index is -3.88. The first-order valence-electron chi connectivity index (χ1n) is 10.3. The number of halogens is 1. The van der Waals surface area contributed by atoms with Crippen LogP contribution in [0.5, 0.6) is 5.75 Å². The molecule has 4 rings (SSSR count). The molecule has 2 aliphatic rings. The van der Waals surface area contributed by atoms with Crippen LogP contribution in [0.1, 0.15) is 29.3 Å². The van der Waals surface area contributed by atoms with Gasteiger partial charge < -0.3 is 15.0 Å². The molecule has 1 unspecified atom stereocenters. The molecule has 0 spiro atoms. The molecule has 2 aliphatic heterocycles. The molecule has 33 heavy (non-hydrogen) atoms. The van der Waals surface area contributed by atoms with Crippen molar-refractivity contribution in [2.45, 2.75) is 24.3 Å². The van der Waals surface area contributed by atoms with Gasteiger partial charge in [0.15, 0.2) is 6.10 Å². The molecule has 9 nitrogen and oxygen atoms in total. The van der Waals surface area contributed by atoms with Gasteiger partial charge >= 0.3 is 0 Å². The van der Waals surface area contributed by atoms with Gasteiger partial charge in [-0.3, -0.25) is 9.59 Å². The van der Waals surface area contributed by atoms with E-state index in [9.17, 15) is 22.4 Å². The summed E-state index contributed by atoms with van der Waals surface area (Å²) in [5, 5.41) is 11.5. The number of amides is 2. The lowest BCUT2D eigenvalue weighted by Gasteiger charge is -2.34. The van der Waals surface area contributed by atoms with E-state index in [0.29, 0.717) is 12.2 Å². The van der Waals surface area contributed by atoms with Crippen LogP contribution in [0.15, 0.2) is 41.3 Å². The number of hydrogen-bond acceptors (Lipinski definition) is 6.